The molecule has 1 saturated heterocycles. The molecule has 0 radical (unpaired) electrons. The summed E-state index contributed by atoms with van der Waals surface area (Å²) in [4.78, 5) is 0. The molecule has 3 unspecified atom stereocenters. The fraction of sp³-hybridized carbons (Fsp3) is 1.00. The Bertz CT molecular complexity index is 251. The molecular formula is C14H27NO2. The first-order valence-electron chi connectivity index (χ1n) is 7.16. The van der Waals surface area contributed by atoms with Crippen LogP contribution in [0.25, 0.3) is 0 Å². The van der Waals surface area contributed by atoms with Gasteiger partial charge in [-0.3, -0.25) is 0 Å². The van der Waals surface area contributed by atoms with Crippen molar-refractivity contribution in [3.05, 3.63) is 0 Å². The van der Waals surface area contributed by atoms with E-state index < -0.39 is 5.60 Å². The third kappa shape index (κ3) is 2.51. The van der Waals surface area contributed by atoms with Crippen LogP contribution in [-0.2, 0) is 0 Å². The van der Waals surface area contributed by atoms with Crippen LogP contribution in [0, 0.1) is 11.3 Å². The van der Waals surface area contributed by atoms with Crippen molar-refractivity contribution in [3.63, 3.8) is 0 Å². The number of piperidine rings is 1. The fourth-order valence-corrected chi connectivity index (χ4v) is 3.67. The van der Waals surface area contributed by atoms with E-state index in [4.69, 9.17) is 0 Å². The molecule has 3 nitrogen and oxygen atoms in total. The number of aliphatic hydroxyl groups excluding tert-OH is 1. The summed E-state index contributed by atoms with van der Waals surface area (Å²) >= 11 is 0. The van der Waals surface area contributed by atoms with Crippen LogP contribution in [0.15, 0.2) is 0 Å². The van der Waals surface area contributed by atoms with Crippen LogP contribution < -0.4 is 5.32 Å². The molecule has 0 aromatic carbocycles. The van der Waals surface area contributed by atoms with Gasteiger partial charge in [-0.15, -0.1) is 0 Å². The highest BCUT2D eigenvalue weighted by molar-refractivity contribution is 5.02. The van der Waals surface area contributed by atoms with Crippen molar-refractivity contribution >= 4 is 0 Å². The van der Waals surface area contributed by atoms with Gasteiger partial charge in [0.1, 0.15) is 0 Å². The third-order valence-corrected chi connectivity index (χ3v) is 5.10. The second-order valence-electron chi connectivity index (χ2n) is 6.29. The molecule has 1 aliphatic carbocycles. The average Bonchev–Trinajstić information content (AvgIpc) is 2.53. The molecule has 0 aromatic heterocycles. The van der Waals surface area contributed by atoms with Gasteiger partial charge >= 0.3 is 0 Å². The quantitative estimate of drug-likeness (QED) is 0.645. The van der Waals surface area contributed by atoms with Crippen LogP contribution in [0.5, 0.6) is 0 Å². The second-order valence-corrected chi connectivity index (χ2v) is 6.29. The van der Waals surface area contributed by atoms with Gasteiger partial charge in [0.25, 0.3) is 0 Å². The van der Waals surface area contributed by atoms with E-state index in [0.29, 0.717) is 0 Å². The van der Waals surface area contributed by atoms with E-state index >= 15 is 0 Å². The zero-order valence-electron chi connectivity index (χ0n) is 11.0. The summed E-state index contributed by atoms with van der Waals surface area (Å²) in [6.45, 7) is 4.18. The fourth-order valence-electron chi connectivity index (χ4n) is 3.67. The average molecular weight is 241 g/mol. The van der Waals surface area contributed by atoms with Gasteiger partial charge < -0.3 is 15.5 Å². The summed E-state index contributed by atoms with van der Waals surface area (Å²) in [6, 6.07) is 0. The molecule has 3 N–H and O–H groups in total. The van der Waals surface area contributed by atoms with E-state index in [1.54, 1.807) is 0 Å². The van der Waals surface area contributed by atoms with Crippen LogP contribution in [0.2, 0.25) is 0 Å². The number of aliphatic hydroxyl groups is 2. The topological polar surface area (TPSA) is 52.5 Å². The maximum atomic E-state index is 11.0. The molecule has 3 heteroatoms. The van der Waals surface area contributed by atoms with Gasteiger partial charge in [0.05, 0.1) is 12.2 Å². The van der Waals surface area contributed by atoms with Gasteiger partial charge in [-0.1, -0.05) is 19.8 Å². The van der Waals surface area contributed by atoms with Crippen molar-refractivity contribution in [1.82, 2.24) is 5.32 Å². The molecule has 0 aromatic rings. The molecule has 1 saturated carbocycles. The van der Waals surface area contributed by atoms with E-state index in [0.717, 1.165) is 57.5 Å². The molecule has 1 aliphatic heterocycles. The van der Waals surface area contributed by atoms with E-state index in [9.17, 15) is 10.2 Å². The van der Waals surface area contributed by atoms with Gasteiger partial charge in [-0.05, 0) is 44.6 Å². The van der Waals surface area contributed by atoms with Crippen molar-refractivity contribution in [3.8, 4) is 0 Å². The van der Waals surface area contributed by atoms with Crippen molar-refractivity contribution in [2.24, 2.45) is 11.3 Å². The molecule has 2 aliphatic rings. The highest BCUT2D eigenvalue weighted by Gasteiger charge is 2.50. The maximum absolute atomic E-state index is 11.0. The standard InChI is InChI=1S/C14H27NO2/c1-12-4-2-7-14(17,8-5-12)13(11-16)6-3-9-15-10-13/h12,15-17H,2-11H2,1H3. The van der Waals surface area contributed by atoms with E-state index in [1.165, 1.54) is 6.42 Å². The largest absolute Gasteiger partial charge is 0.396 e. The lowest BCUT2D eigenvalue weighted by molar-refractivity contribution is -0.129. The highest BCUT2D eigenvalue weighted by Crippen LogP contribution is 2.46. The molecule has 100 valence electrons. The van der Waals surface area contributed by atoms with Gasteiger partial charge in [-0.25, -0.2) is 0 Å². The second kappa shape index (κ2) is 5.25. The Balaban J connectivity index is 2.15. The zero-order valence-corrected chi connectivity index (χ0v) is 11.0. The van der Waals surface area contributed by atoms with E-state index in [-0.39, 0.29) is 12.0 Å². The molecular weight excluding hydrogens is 214 g/mol. The SMILES string of the molecule is CC1CCCC(O)(C2(CO)CCCNC2)CC1. The van der Waals surface area contributed by atoms with Crippen molar-refractivity contribution < 1.29 is 10.2 Å². The van der Waals surface area contributed by atoms with Gasteiger partial charge in [0, 0.05) is 12.0 Å². The van der Waals surface area contributed by atoms with Crippen molar-refractivity contribution in [1.29, 1.82) is 0 Å². The third-order valence-electron chi connectivity index (χ3n) is 5.10. The minimum atomic E-state index is -0.653. The first-order chi connectivity index (χ1) is 8.12. The Kier molecular flexibility index (Phi) is 4.11. The van der Waals surface area contributed by atoms with E-state index in [1.807, 2.05) is 0 Å². The van der Waals surface area contributed by atoms with Crippen LogP contribution >= 0.6 is 0 Å². The molecule has 0 spiro atoms. The summed E-state index contributed by atoms with van der Waals surface area (Å²) in [5.41, 5.74) is -0.949. The maximum Gasteiger partial charge on any atom is 0.0738 e. The van der Waals surface area contributed by atoms with Crippen LogP contribution in [0.4, 0.5) is 0 Å². The molecule has 2 fully saturated rings. The lowest BCUT2D eigenvalue weighted by Crippen LogP contribution is -2.58. The monoisotopic (exact) mass is 241 g/mol. The van der Waals surface area contributed by atoms with Gasteiger partial charge in [0.2, 0.25) is 0 Å². The minimum Gasteiger partial charge on any atom is -0.396 e. The predicted octanol–water partition coefficient (Wildman–Crippen LogP) is 1.68. The van der Waals surface area contributed by atoms with Gasteiger partial charge in [-0.2, -0.15) is 0 Å². The van der Waals surface area contributed by atoms with E-state index in [2.05, 4.69) is 12.2 Å². The van der Waals surface area contributed by atoms with Gasteiger partial charge in [0.15, 0.2) is 0 Å². The number of hydrogen-bond acceptors (Lipinski definition) is 3. The minimum absolute atomic E-state index is 0.116. The summed E-state index contributed by atoms with van der Waals surface area (Å²) in [5.74, 6) is 0.719. The first kappa shape index (κ1) is 13.3. The first-order valence-corrected chi connectivity index (χ1v) is 7.16. The predicted molar refractivity (Wildman–Crippen MR) is 68.8 cm³/mol. The van der Waals surface area contributed by atoms with Crippen LogP contribution in [0.1, 0.15) is 51.9 Å². The Morgan fingerprint density at radius 1 is 1.18 bits per heavy atom. The molecule has 0 bridgehead atoms. The number of nitrogens with one attached hydrogen (secondary N) is 1. The zero-order chi connectivity index (χ0) is 12.4. The Morgan fingerprint density at radius 2 is 2.00 bits per heavy atom. The van der Waals surface area contributed by atoms with Crippen LogP contribution in [0.3, 0.4) is 0 Å². The lowest BCUT2D eigenvalue weighted by Gasteiger charge is -2.49. The Labute approximate surface area is 105 Å². The Morgan fingerprint density at radius 3 is 2.65 bits per heavy atom. The summed E-state index contributed by atoms with van der Waals surface area (Å²) in [6.07, 6.45) is 7.16. The van der Waals surface area contributed by atoms with Crippen LogP contribution in [-0.4, -0.2) is 35.5 Å². The lowest BCUT2D eigenvalue weighted by atomic mass is 9.64. The molecule has 17 heavy (non-hydrogen) atoms. The summed E-state index contributed by atoms with van der Waals surface area (Å²) in [5, 5.41) is 24.2. The molecule has 0 amide bonds. The number of rotatable bonds is 2. The summed E-state index contributed by atoms with van der Waals surface area (Å²) < 4.78 is 0. The number of hydrogen-bond donors (Lipinski definition) is 3. The molecule has 1 heterocycles. The smallest absolute Gasteiger partial charge is 0.0738 e. The highest BCUT2D eigenvalue weighted by atomic mass is 16.3. The van der Waals surface area contributed by atoms with Crippen molar-refractivity contribution in [2.75, 3.05) is 19.7 Å². The molecule has 2 rings (SSSR count). The summed E-state index contributed by atoms with van der Waals surface area (Å²) in [7, 11) is 0. The van der Waals surface area contributed by atoms with Crippen molar-refractivity contribution in [2.45, 2.75) is 57.5 Å². The Hall–Kier alpha value is -0.120. The molecule has 3 atom stereocenters. The normalized spacial score (nSPS) is 44.3.